The van der Waals surface area contributed by atoms with E-state index in [0.29, 0.717) is 19.4 Å². The molecule has 2 rings (SSSR count). The van der Waals surface area contributed by atoms with Crippen molar-refractivity contribution in [2.45, 2.75) is 31.9 Å². The summed E-state index contributed by atoms with van der Waals surface area (Å²) in [6.07, 6.45) is 0.820. The standard InChI is InChI=1S/C14H17BrN2O3/c1-9(20-12-5-3-2-4-10(12)15)8-16-14(19)11-6-7-13(18)17-11/h2-5,9,11H,6-8H2,1H3,(H,16,19)(H,17,18)/t9-,11-/m1/s1. The van der Waals surface area contributed by atoms with E-state index in [2.05, 4.69) is 26.6 Å². The normalized spacial score (nSPS) is 19.3. The third kappa shape index (κ3) is 3.96. The molecule has 1 aliphatic rings. The highest BCUT2D eigenvalue weighted by molar-refractivity contribution is 9.10. The predicted octanol–water partition coefficient (Wildman–Crippen LogP) is 1.61. The molecule has 6 heteroatoms. The van der Waals surface area contributed by atoms with Crippen LogP contribution in [0.15, 0.2) is 28.7 Å². The zero-order valence-electron chi connectivity index (χ0n) is 11.2. The van der Waals surface area contributed by atoms with Gasteiger partial charge in [0.15, 0.2) is 0 Å². The van der Waals surface area contributed by atoms with E-state index in [1.165, 1.54) is 0 Å². The van der Waals surface area contributed by atoms with Gasteiger partial charge in [0.25, 0.3) is 0 Å². The van der Waals surface area contributed by atoms with Crippen LogP contribution in [0.25, 0.3) is 0 Å². The molecule has 1 fully saturated rings. The highest BCUT2D eigenvalue weighted by Crippen LogP contribution is 2.24. The molecule has 0 spiro atoms. The van der Waals surface area contributed by atoms with Crippen molar-refractivity contribution in [3.05, 3.63) is 28.7 Å². The number of nitrogens with one attached hydrogen (secondary N) is 2. The lowest BCUT2D eigenvalue weighted by Crippen LogP contribution is -2.44. The van der Waals surface area contributed by atoms with Gasteiger partial charge in [0.2, 0.25) is 11.8 Å². The van der Waals surface area contributed by atoms with Gasteiger partial charge in [-0.25, -0.2) is 0 Å². The maximum Gasteiger partial charge on any atom is 0.242 e. The molecule has 20 heavy (non-hydrogen) atoms. The predicted molar refractivity (Wildman–Crippen MR) is 78.4 cm³/mol. The van der Waals surface area contributed by atoms with Gasteiger partial charge in [-0.2, -0.15) is 0 Å². The summed E-state index contributed by atoms with van der Waals surface area (Å²) >= 11 is 3.41. The van der Waals surface area contributed by atoms with Crippen LogP contribution >= 0.6 is 15.9 Å². The topological polar surface area (TPSA) is 67.4 Å². The van der Waals surface area contributed by atoms with Gasteiger partial charge in [0, 0.05) is 6.42 Å². The van der Waals surface area contributed by atoms with E-state index >= 15 is 0 Å². The van der Waals surface area contributed by atoms with Gasteiger partial charge in [-0.05, 0) is 41.4 Å². The van der Waals surface area contributed by atoms with Crippen LogP contribution in [0.3, 0.4) is 0 Å². The fourth-order valence-electron chi connectivity index (χ4n) is 1.98. The average molecular weight is 341 g/mol. The van der Waals surface area contributed by atoms with Crippen molar-refractivity contribution in [2.75, 3.05) is 6.54 Å². The Morgan fingerprint density at radius 2 is 2.30 bits per heavy atom. The zero-order chi connectivity index (χ0) is 14.5. The molecule has 2 N–H and O–H groups in total. The maximum atomic E-state index is 11.8. The average Bonchev–Trinajstić information content (AvgIpc) is 2.85. The molecule has 108 valence electrons. The molecule has 5 nitrogen and oxygen atoms in total. The van der Waals surface area contributed by atoms with Crippen molar-refractivity contribution in [2.24, 2.45) is 0 Å². The first-order chi connectivity index (χ1) is 9.56. The molecule has 1 aromatic rings. The highest BCUT2D eigenvalue weighted by atomic mass is 79.9. The van der Waals surface area contributed by atoms with Crippen LogP contribution in [-0.2, 0) is 9.59 Å². The molecule has 1 aromatic carbocycles. The van der Waals surface area contributed by atoms with Gasteiger partial charge in [0.05, 0.1) is 11.0 Å². The Morgan fingerprint density at radius 1 is 1.55 bits per heavy atom. The number of amides is 2. The molecular formula is C14H17BrN2O3. The lowest BCUT2D eigenvalue weighted by molar-refractivity contribution is -0.126. The minimum atomic E-state index is -0.404. The van der Waals surface area contributed by atoms with Gasteiger partial charge in [-0.15, -0.1) is 0 Å². The van der Waals surface area contributed by atoms with Gasteiger partial charge in [0.1, 0.15) is 17.9 Å². The van der Waals surface area contributed by atoms with Crippen LogP contribution < -0.4 is 15.4 Å². The number of benzene rings is 1. The Hall–Kier alpha value is -1.56. The van der Waals surface area contributed by atoms with Gasteiger partial charge in [-0.3, -0.25) is 9.59 Å². The number of carbonyl (C=O) groups is 2. The largest absolute Gasteiger partial charge is 0.488 e. The van der Waals surface area contributed by atoms with E-state index in [0.717, 1.165) is 10.2 Å². The molecule has 1 aliphatic heterocycles. The minimum Gasteiger partial charge on any atom is -0.488 e. The number of hydrogen-bond donors (Lipinski definition) is 2. The number of halogens is 1. The number of carbonyl (C=O) groups excluding carboxylic acids is 2. The van der Waals surface area contributed by atoms with E-state index in [1.54, 1.807) is 0 Å². The molecule has 2 amide bonds. The number of para-hydroxylation sites is 1. The first kappa shape index (κ1) is 14.8. The quantitative estimate of drug-likeness (QED) is 0.855. The van der Waals surface area contributed by atoms with Crippen LogP contribution in [0.2, 0.25) is 0 Å². The van der Waals surface area contributed by atoms with Crippen LogP contribution in [0, 0.1) is 0 Å². The summed E-state index contributed by atoms with van der Waals surface area (Å²) in [6.45, 7) is 2.28. The molecular weight excluding hydrogens is 324 g/mol. The van der Waals surface area contributed by atoms with Crippen molar-refractivity contribution in [1.29, 1.82) is 0 Å². The van der Waals surface area contributed by atoms with Gasteiger partial charge >= 0.3 is 0 Å². The Bertz CT molecular complexity index is 507. The highest BCUT2D eigenvalue weighted by Gasteiger charge is 2.27. The van der Waals surface area contributed by atoms with Crippen molar-refractivity contribution < 1.29 is 14.3 Å². The lowest BCUT2D eigenvalue weighted by Gasteiger charge is -2.17. The fourth-order valence-corrected chi connectivity index (χ4v) is 2.36. The van der Waals surface area contributed by atoms with Crippen LogP contribution in [0.1, 0.15) is 19.8 Å². The number of hydrogen-bond acceptors (Lipinski definition) is 3. The maximum absolute atomic E-state index is 11.8. The third-order valence-corrected chi connectivity index (χ3v) is 3.70. The van der Waals surface area contributed by atoms with Crippen LogP contribution in [-0.4, -0.2) is 30.5 Å². The van der Waals surface area contributed by atoms with Crippen molar-refractivity contribution in [1.82, 2.24) is 10.6 Å². The summed E-state index contributed by atoms with van der Waals surface area (Å²) in [4.78, 5) is 22.9. The van der Waals surface area contributed by atoms with E-state index in [1.807, 2.05) is 31.2 Å². The van der Waals surface area contributed by atoms with Gasteiger partial charge < -0.3 is 15.4 Å². The van der Waals surface area contributed by atoms with Gasteiger partial charge in [-0.1, -0.05) is 12.1 Å². The molecule has 0 radical (unpaired) electrons. The second-order valence-corrected chi connectivity index (χ2v) is 5.62. The minimum absolute atomic E-state index is 0.0670. The summed E-state index contributed by atoms with van der Waals surface area (Å²) in [7, 11) is 0. The second-order valence-electron chi connectivity index (χ2n) is 4.76. The molecule has 1 heterocycles. The van der Waals surface area contributed by atoms with Crippen molar-refractivity contribution in [3.8, 4) is 5.75 Å². The molecule has 0 aliphatic carbocycles. The fraction of sp³-hybridized carbons (Fsp3) is 0.429. The third-order valence-electron chi connectivity index (χ3n) is 3.04. The smallest absolute Gasteiger partial charge is 0.242 e. The number of rotatable bonds is 5. The summed E-state index contributed by atoms with van der Waals surface area (Å²) in [5.74, 6) is 0.518. The molecule has 1 saturated heterocycles. The first-order valence-corrected chi connectivity index (χ1v) is 7.34. The summed E-state index contributed by atoms with van der Waals surface area (Å²) < 4.78 is 6.61. The monoisotopic (exact) mass is 340 g/mol. The molecule has 0 unspecified atom stereocenters. The van der Waals surface area contributed by atoms with Crippen molar-refractivity contribution in [3.63, 3.8) is 0 Å². The molecule has 0 bridgehead atoms. The van der Waals surface area contributed by atoms with Crippen LogP contribution in [0.5, 0.6) is 5.75 Å². The Kier molecular flexibility index (Phi) is 5.00. The Balaban J connectivity index is 1.78. The number of ether oxygens (including phenoxy) is 1. The summed E-state index contributed by atoms with van der Waals surface area (Å²) in [6, 6.07) is 7.15. The first-order valence-electron chi connectivity index (χ1n) is 6.54. The van der Waals surface area contributed by atoms with Crippen LogP contribution in [0.4, 0.5) is 0 Å². The Labute approximate surface area is 126 Å². The van der Waals surface area contributed by atoms with E-state index in [9.17, 15) is 9.59 Å². The molecule has 2 atom stereocenters. The van der Waals surface area contributed by atoms with E-state index < -0.39 is 6.04 Å². The zero-order valence-corrected chi connectivity index (χ0v) is 12.8. The molecule has 0 aromatic heterocycles. The van der Waals surface area contributed by atoms with Crippen molar-refractivity contribution >= 4 is 27.7 Å². The molecule has 0 saturated carbocycles. The summed E-state index contributed by atoms with van der Waals surface area (Å²) in [5, 5.41) is 5.43. The lowest BCUT2D eigenvalue weighted by atomic mass is 10.2. The van der Waals surface area contributed by atoms with E-state index in [-0.39, 0.29) is 17.9 Å². The van der Waals surface area contributed by atoms with E-state index in [4.69, 9.17) is 4.74 Å². The summed E-state index contributed by atoms with van der Waals surface area (Å²) in [5.41, 5.74) is 0. The SMILES string of the molecule is C[C@H](CNC(=O)[C@H]1CCC(=O)N1)Oc1ccccc1Br. The Morgan fingerprint density at radius 3 is 2.95 bits per heavy atom. The second kappa shape index (κ2) is 6.74.